The average Bonchev–Trinajstić information content (AvgIpc) is 2.69. The fourth-order valence-corrected chi connectivity index (χ4v) is 3.35. The summed E-state index contributed by atoms with van der Waals surface area (Å²) in [6.07, 6.45) is 0.481. The molecule has 5 nitrogen and oxygen atoms in total. The second-order valence-electron chi connectivity index (χ2n) is 6.76. The molecule has 1 aliphatic rings. The standard InChI is InChI=1S/C21H26FN3O2/c22-18-8-4-7-17(14-18)20(25-9-11-27-12-10-25)15-24-21(26)19(23)13-16-5-2-1-3-6-16/h1-8,14,19-20H,9-13,15,23H2,(H,24,26). The predicted molar refractivity (Wildman–Crippen MR) is 103 cm³/mol. The third-order valence-electron chi connectivity index (χ3n) is 4.82. The molecule has 1 heterocycles. The number of benzene rings is 2. The van der Waals surface area contributed by atoms with Crippen molar-refractivity contribution in [3.05, 3.63) is 71.5 Å². The van der Waals surface area contributed by atoms with Crippen molar-refractivity contribution in [2.24, 2.45) is 5.73 Å². The molecule has 0 saturated carbocycles. The molecule has 27 heavy (non-hydrogen) atoms. The van der Waals surface area contributed by atoms with Gasteiger partial charge in [-0.15, -0.1) is 0 Å². The normalized spacial score (nSPS) is 17.3. The molecule has 1 amide bonds. The van der Waals surface area contributed by atoms with E-state index in [0.29, 0.717) is 26.2 Å². The maximum absolute atomic E-state index is 13.7. The summed E-state index contributed by atoms with van der Waals surface area (Å²) in [4.78, 5) is 14.7. The average molecular weight is 371 g/mol. The Morgan fingerprint density at radius 1 is 1.15 bits per heavy atom. The minimum Gasteiger partial charge on any atom is -0.379 e. The minimum absolute atomic E-state index is 0.113. The van der Waals surface area contributed by atoms with Gasteiger partial charge in [0.05, 0.1) is 25.3 Å². The zero-order chi connectivity index (χ0) is 19.1. The Morgan fingerprint density at radius 3 is 2.59 bits per heavy atom. The van der Waals surface area contributed by atoms with Crippen molar-refractivity contribution in [1.82, 2.24) is 10.2 Å². The third kappa shape index (κ3) is 5.60. The van der Waals surface area contributed by atoms with Gasteiger partial charge >= 0.3 is 0 Å². The lowest BCUT2D eigenvalue weighted by Gasteiger charge is -2.35. The number of nitrogens with one attached hydrogen (secondary N) is 1. The van der Waals surface area contributed by atoms with Crippen molar-refractivity contribution in [1.29, 1.82) is 0 Å². The molecule has 0 aliphatic carbocycles. The highest BCUT2D eigenvalue weighted by Gasteiger charge is 2.24. The van der Waals surface area contributed by atoms with Crippen LogP contribution in [-0.4, -0.2) is 49.7 Å². The number of halogens is 1. The van der Waals surface area contributed by atoms with Gasteiger partial charge in [-0.05, 0) is 29.7 Å². The molecule has 2 aromatic carbocycles. The molecule has 6 heteroatoms. The highest BCUT2D eigenvalue weighted by atomic mass is 19.1. The molecular weight excluding hydrogens is 345 g/mol. The Morgan fingerprint density at radius 2 is 1.89 bits per heavy atom. The molecule has 0 radical (unpaired) electrons. The number of hydrogen-bond acceptors (Lipinski definition) is 4. The number of morpholine rings is 1. The van der Waals surface area contributed by atoms with Crippen LogP contribution in [0.5, 0.6) is 0 Å². The summed E-state index contributed by atoms with van der Waals surface area (Å²) in [5, 5.41) is 2.95. The molecule has 2 atom stereocenters. The summed E-state index contributed by atoms with van der Waals surface area (Å²) in [5.74, 6) is -0.480. The fraction of sp³-hybridized carbons (Fsp3) is 0.381. The largest absolute Gasteiger partial charge is 0.379 e. The lowest BCUT2D eigenvalue weighted by Crippen LogP contribution is -2.47. The van der Waals surface area contributed by atoms with Crippen LogP contribution in [0.2, 0.25) is 0 Å². The number of carbonyl (C=O) groups is 1. The first-order chi connectivity index (χ1) is 13.1. The van der Waals surface area contributed by atoms with Gasteiger partial charge < -0.3 is 15.8 Å². The van der Waals surface area contributed by atoms with Crippen LogP contribution in [0.3, 0.4) is 0 Å². The molecule has 1 fully saturated rings. The minimum atomic E-state index is -0.620. The number of amides is 1. The quantitative estimate of drug-likeness (QED) is 0.780. The number of hydrogen-bond donors (Lipinski definition) is 2. The zero-order valence-corrected chi connectivity index (χ0v) is 15.3. The van der Waals surface area contributed by atoms with Gasteiger partial charge in [0, 0.05) is 19.6 Å². The molecule has 0 aromatic heterocycles. The summed E-state index contributed by atoms with van der Waals surface area (Å²) in [5.41, 5.74) is 7.94. The first kappa shape index (κ1) is 19.5. The van der Waals surface area contributed by atoms with Crippen LogP contribution in [0, 0.1) is 5.82 Å². The van der Waals surface area contributed by atoms with Crippen LogP contribution in [-0.2, 0) is 16.0 Å². The summed E-state index contributed by atoms with van der Waals surface area (Å²) >= 11 is 0. The van der Waals surface area contributed by atoms with E-state index in [4.69, 9.17) is 10.5 Å². The van der Waals surface area contributed by atoms with E-state index in [1.807, 2.05) is 36.4 Å². The number of nitrogens with zero attached hydrogens (tertiary/aromatic N) is 1. The van der Waals surface area contributed by atoms with E-state index in [9.17, 15) is 9.18 Å². The van der Waals surface area contributed by atoms with Gasteiger partial charge in [0.2, 0.25) is 5.91 Å². The van der Waals surface area contributed by atoms with Crippen molar-refractivity contribution in [2.75, 3.05) is 32.8 Å². The van der Waals surface area contributed by atoms with Gasteiger partial charge in [-0.2, -0.15) is 0 Å². The number of ether oxygens (including phenoxy) is 1. The Kier molecular flexibility index (Phi) is 6.92. The molecule has 1 aliphatic heterocycles. The fourth-order valence-electron chi connectivity index (χ4n) is 3.35. The summed E-state index contributed by atoms with van der Waals surface area (Å²) < 4.78 is 19.1. The molecule has 3 N–H and O–H groups in total. The van der Waals surface area contributed by atoms with E-state index in [1.165, 1.54) is 12.1 Å². The molecule has 2 aromatic rings. The summed E-state index contributed by atoms with van der Waals surface area (Å²) in [7, 11) is 0. The summed E-state index contributed by atoms with van der Waals surface area (Å²) in [6.45, 7) is 3.13. The predicted octanol–water partition coefficient (Wildman–Crippen LogP) is 1.89. The van der Waals surface area contributed by atoms with Gasteiger partial charge in [0.25, 0.3) is 0 Å². The third-order valence-corrected chi connectivity index (χ3v) is 4.82. The van der Waals surface area contributed by atoms with Crippen LogP contribution in [0.1, 0.15) is 17.2 Å². The van der Waals surface area contributed by atoms with Gasteiger partial charge in [-0.1, -0.05) is 42.5 Å². The van der Waals surface area contributed by atoms with Crippen LogP contribution in [0.25, 0.3) is 0 Å². The lowest BCUT2D eigenvalue weighted by molar-refractivity contribution is -0.122. The van der Waals surface area contributed by atoms with E-state index in [0.717, 1.165) is 24.2 Å². The van der Waals surface area contributed by atoms with E-state index < -0.39 is 6.04 Å². The Balaban J connectivity index is 1.64. The molecule has 144 valence electrons. The van der Waals surface area contributed by atoms with E-state index in [-0.39, 0.29) is 17.8 Å². The highest BCUT2D eigenvalue weighted by Crippen LogP contribution is 2.22. The first-order valence-electron chi connectivity index (χ1n) is 9.28. The second-order valence-corrected chi connectivity index (χ2v) is 6.76. The van der Waals surface area contributed by atoms with Gasteiger partial charge in [0.15, 0.2) is 0 Å². The van der Waals surface area contributed by atoms with Crippen LogP contribution >= 0.6 is 0 Å². The first-order valence-corrected chi connectivity index (χ1v) is 9.28. The zero-order valence-electron chi connectivity index (χ0n) is 15.3. The number of rotatable bonds is 7. The molecular formula is C21H26FN3O2. The lowest BCUT2D eigenvalue weighted by atomic mass is 10.0. The Labute approximate surface area is 159 Å². The van der Waals surface area contributed by atoms with E-state index in [2.05, 4.69) is 10.2 Å². The summed E-state index contributed by atoms with van der Waals surface area (Å²) in [6, 6.07) is 15.5. The molecule has 0 bridgehead atoms. The van der Waals surface area contributed by atoms with Crippen molar-refractivity contribution in [2.45, 2.75) is 18.5 Å². The van der Waals surface area contributed by atoms with Crippen molar-refractivity contribution >= 4 is 5.91 Å². The maximum atomic E-state index is 13.7. The van der Waals surface area contributed by atoms with Crippen molar-refractivity contribution < 1.29 is 13.9 Å². The molecule has 0 spiro atoms. The van der Waals surface area contributed by atoms with Crippen molar-refractivity contribution in [3.8, 4) is 0 Å². The van der Waals surface area contributed by atoms with Gasteiger partial charge in [-0.3, -0.25) is 9.69 Å². The topological polar surface area (TPSA) is 67.6 Å². The number of carbonyl (C=O) groups excluding carboxylic acids is 1. The van der Waals surface area contributed by atoms with Gasteiger partial charge in [0.1, 0.15) is 5.82 Å². The molecule has 1 saturated heterocycles. The number of nitrogens with two attached hydrogens (primary N) is 1. The van der Waals surface area contributed by atoms with Crippen LogP contribution < -0.4 is 11.1 Å². The van der Waals surface area contributed by atoms with Crippen LogP contribution in [0.15, 0.2) is 54.6 Å². The Hall–Kier alpha value is -2.28. The van der Waals surface area contributed by atoms with Gasteiger partial charge in [-0.25, -0.2) is 4.39 Å². The molecule has 3 rings (SSSR count). The van der Waals surface area contributed by atoms with E-state index in [1.54, 1.807) is 6.07 Å². The Bertz CT molecular complexity index is 735. The second kappa shape index (κ2) is 9.60. The van der Waals surface area contributed by atoms with E-state index >= 15 is 0 Å². The smallest absolute Gasteiger partial charge is 0.237 e. The highest BCUT2D eigenvalue weighted by molar-refractivity contribution is 5.81. The SMILES string of the molecule is NC(Cc1ccccc1)C(=O)NCC(c1cccc(F)c1)N1CCOCC1. The monoisotopic (exact) mass is 371 g/mol. The maximum Gasteiger partial charge on any atom is 0.237 e. The van der Waals surface area contributed by atoms with Crippen LogP contribution in [0.4, 0.5) is 4.39 Å². The van der Waals surface area contributed by atoms with Crippen molar-refractivity contribution in [3.63, 3.8) is 0 Å². The molecule has 2 unspecified atom stereocenters.